The smallest absolute Gasteiger partial charge is 0.287 e. The highest BCUT2D eigenvalue weighted by atomic mass is 16.2. The minimum absolute atomic E-state index is 0.161. The van der Waals surface area contributed by atoms with Gasteiger partial charge in [-0.3, -0.25) is 19.0 Å². The summed E-state index contributed by atoms with van der Waals surface area (Å²) >= 11 is 0. The Labute approximate surface area is 173 Å². The molecular formula is C23H21N5O2. The molecule has 30 heavy (non-hydrogen) atoms. The molecule has 4 aromatic rings. The summed E-state index contributed by atoms with van der Waals surface area (Å²) in [5.41, 5.74) is 3.47. The van der Waals surface area contributed by atoms with Gasteiger partial charge < -0.3 is 10.6 Å². The largest absolute Gasteiger partial charge is 0.345 e. The molecule has 2 amide bonds. The van der Waals surface area contributed by atoms with Crippen LogP contribution in [0.4, 0.5) is 5.69 Å². The monoisotopic (exact) mass is 399 g/mol. The van der Waals surface area contributed by atoms with Crippen LogP contribution in [0.5, 0.6) is 0 Å². The number of para-hydroxylation sites is 1. The number of rotatable bonds is 6. The number of aromatic nitrogens is 3. The number of benzene rings is 1. The average molecular weight is 399 g/mol. The molecule has 3 heterocycles. The Bertz CT molecular complexity index is 1200. The molecule has 0 aliphatic heterocycles. The summed E-state index contributed by atoms with van der Waals surface area (Å²) in [7, 11) is 0. The molecule has 0 atom stereocenters. The maximum Gasteiger partial charge on any atom is 0.287 e. The lowest BCUT2D eigenvalue weighted by Gasteiger charge is -2.08. The Morgan fingerprint density at radius 3 is 2.53 bits per heavy atom. The Kier molecular flexibility index (Phi) is 5.52. The summed E-state index contributed by atoms with van der Waals surface area (Å²) in [6, 6.07) is 16.7. The third-order valence-corrected chi connectivity index (χ3v) is 4.82. The van der Waals surface area contributed by atoms with Gasteiger partial charge in [0, 0.05) is 30.8 Å². The molecule has 1 aromatic carbocycles. The molecule has 3 aromatic heterocycles. The molecule has 4 rings (SSSR count). The van der Waals surface area contributed by atoms with Crippen molar-refractivity contribution in [2.24, 2.45) is 0 Å². The van der Waals surface area contributed by atoms with E-state index in [-0.39, 0.29) is 23.3 Å². The number of pyridine rings is 2. The molecule has 2 N–H and O–H groups in total. The van der Waals surface area contributed by atoms with Crippen LogP contribution in [0.3, 0.4) is 0 Å². The summed E-state index contributed by atoms with van der Waals surface area (Å²) in [5.74, 6) is -0.553. The van der Waals surface area contributed by atoms with E-state index in [0.29, 0.717) is 12.1 Å². The Morgan fingerprint density at radius 2 is 1.73 bits per heavy atom. The van der Waals surface area contributed by atoms with Gasteiger partial charge in [-0.15, -0.1) is 0 Å². The highest BCUT2D eigenvalue weighted by Gasteiger charge is 2.21. The molecule has 0 saturated carbocycles. The fourth-order valence-corrected chi connectivity index (χ4v) is 3.26. The van der Waals surface area contributed by atoms with Gasteiger partial charge in [-0.05, 0) is 47.9 Å². The fraction of sp³-hybridized carbons (Fsp3) is 0.130. The van der Waals surface area contributed by atoms with E-state index in [2.05, 4.69) is 20.6 Å². The first-order valence-electron chi connectivity index (χ1n) is 9.71. The zero-order chi connectivity index (χ0) is 20.9. The molecule has 0 unspecified atom stereocenters. The van der Waals surface area contributed by atoms with Gasteiger partial charge in [0.2, 0.25) is 5.82 Å². The van der Waals surface area contributed by atoms with Crippen molar-refractivity contribution in [1.82, 2.24) is 19.7 Å². The lowest BCUT2D eigenvalue weighted by Crippen LogP contribution is -2.25. The van der Waals surface area contributed by atoms with Crippen molar-refractivity contribution in [3.05, 3.63) is 95.8 Å². The lowest BCUT2D eigenvalue weighted by atomic mass is 10.1. The molecule has 7 heteroatoms. The second kappa shape index (κ2) is 8.57. The second-order valence-electron chi connectivity index (χ2n) is 6.74. The number of carbonyl (C=O) groups is 2. The number of aryl methyl sites for hydroxylation is 1. The van der Waals surface area contributed by atoms with Crippen LogP contribution in [-0.2, 0) is 13.0 Å². The highest BCUT2D eigenvalue weighted by Crippen LogP contribution is 2.19. The average Bonchev–Trinajstić information content (AvgIpc) is 3.18. The number of nitrogens with zero attached hydrogens (tertiary/aromatic N) is 3. The van der Waals surface area contributed by atoms with E-state index in [0.717, 1.165) is 23.2 Å². The number of amides is 2. The minimum atomic E-state index is -0.360. The number of hydrogen-bond donors (Lipinski definition) is 2. The molecule has 150 valence electrons. The third kappa shape index (κ3) is 3.91. The van der Waals surface area contributed by atoms with Crippen molar-refractivity contribution in [1.29, 1.82) is 0 Å². The van der Waals surface area contributed by atoms with E-state index in [4.69, 9.17) is 0 Å². The molecule has 0 radical (unpaired) electrons. The van der Waals surface area contributed by atoms with E-state index in [9.17, 15) is 9.59 Å². The zero-order valence-corrected chi connectivity index (χ0v) is 16.5. The van der Waals surface area contributed by atoms with Crippen LogP contribution in [0, 0.1) is 0 Å². The van der Waals surface area contributed by atoms with Gasteiger partial charge in [-0.25, -0.2) is 4.98 Å². The number of hydrogen-bond acceptors (Lipinski definition) is 4. The summed E-state index contributed by atoms with van der Waals surface area (Å²) < 4.78 is 1.63. The number of nitrogens with one attached hydrogen (secondary N) is 2. The van der Waals surface area contributed by atoms with Crippen LogP contribution >= 0.6 is 0 Å². The van der Waals surface area contributed by atoms with Gasteiger partial charge in [-0.1, -0.05) is 31.2 Å². The van der Waals surface area contributed by atoms with E-state index in [1.54, 1.807) is 35.1 Å². The molecule has 7 nitrogen and oxygen atoms in total. The standard InChI is InChI=1S/C23H21N5O2/c1-2-17-7-3-4-8-18(17)26-22(29)20-19-9-5-6-14-28(19)21(27-20)23(30)25-15-16-10-12-24-13-11-16/h3-14H,2,15H2,1H3,(H,25,30)(H,26,29). The van der Waals surface area contributed by atoms with Gasteiger partial charge in [0.05, 0.1) is 5.52 Å². The number of fused-ring (bicyclic) bond motifs is 1. The first kappa shape index (κ1) is 19.3. The van der Waals surface area contributed by atoms with E-state index in [1.165, 1.54) is 0 Å². The minimum Gasteiger partial charge on any atom is -0.345 e. The van der Waals surface area contributed by atoms with Crippen LogP contribution in [0.1, 0.15) is 39.2 Å². The third-order valence-electron chi connectivity index (χ3n) is 4.82. The zero-order valence-electron chi connectivity index (χ0n) is 16.5. The fourth-order valence-electron chi connectivity index (χ4n) is 3.26. The van der Waals surface area contributed by atoms with Crippen molar-refractivity contribution in [2.45, 2.75) is 19.9 Å². The van der Waals surface area contributed by atoms with Crippen LogP contribution in [0.15, 0.2) is 73.2 Å². The Morgan fingerprint density at radius 1 is 0.967 bits per heavy atom. The molecule has 0 fully saturated rings. The van der Waals surface area contributed by atoms with Gasteiger partial charge in [0.25, 0.3) is 11.8 Å². The Hall–Kier alpha value is -4.00. The van der Waals surface area contributed by atoms with Gasteiger partial charge in [-0.2, -0.15) is 0 Å². The molecule has 0 bridgehead atoms. The van der Waals surface area contributed by atoms with E-state index >= 15 is 0 Å². The lowest BCUT2D eigenvalue weighted by molar-refractivity contribution is 0.0940. The van der Waals surface area contributed by atoms with Crippen molar-refractivity contribution in [3.8, 4) is 0 Å². The number of carbonyl (C=O) groups excluding carboxylic acids is 2. The predicted octanol–water partition coefficient (Wildman–Crippen LogP) is 3.47. The molecule has 0 spiro atoms. The normalized spacial score (nSPS) is 10.7. The van der Waals surface area contributed by atoms with Crippen LogP contribution in [-0.4, -0.2) is 26.2 Å². The maximum absolute atomic E-state index is 13.0. The van der Waals surface area contributed by atoms with Crippen molar-refractivity contribution >= 4 is 23.0 Å². The number of anilines is 1. The summed E-state index contributed by atoms with van der Waals surface area (Å²) in [5, 5.41) is 5.77. The van der Waals surface area contributed by atoms with E-state index in [1.807, 2.05) is 49.4 Å². The molecule has 0 aliphatic carbocycles. The van der Waals surface area contributed by atoms with E-state index < -0.39 is 0 Å². The van der Waals surface area contributed by atoms with Crippen molar-refractivity contribution in [2.75, 3.05) is 5.32 Å². The summed E-state index contributed by atoms with van der Waals surface area (Å²) in [6.07, 6.45) is 5.86. The number of imidazole rings is 1. The summed E-state index contributed by atoms with van der Waals surface area (Å²) in [4.78, 5) is 34.1. The van der Waals surface area contributed by atoms with Gasteiger partial charge in [0.1, 0.15) is 0 Å². The predicted molar refractivity (Wildman–Crippen MR) is 114 cm³/mol. The first-order chi connectivity index (χ1) is 14.7. The first-order valence-corrected chi connectivity index (χ1v) is 9.71. The quantitative estimate of drug-likeness (QED) is 0.520. The molecule has 0 saturated heterocycles. The highest BCUT2D eigenvalue weighted by molar-refractivity contribution is 6.09. The van der Waals surface area contributed by atoms with Crippen molar-refractivity contribution < 1.29 is 9.59 Å². The van der Waals surface area contributed by atoms with Gasteiger partial charge in [0.15, 0.2) is 5.69 Å². The maximum atomic E-state index is 13.0. The SMILES string of the molecule is CCc1ccccc1NC(=O)c1nc(C(=O)NCc2ccncc2)n2ccccc12. The van der Waals surface area contributed by atoms with Gasteiger partial charge >= 0.3 is 0 Å². The van der Waals surface area contributed by atoms with Crippen LogP contribution in [0.2, 0.25) is 0 Å². The molecule has 0 aliphatic rings. The topological polar surface area (TPSA) is 88.4 Å². The van der Waals surface area contributed by atoms with Crippen LogP contribution in [0.25, 0.3) is 5.52 Å². The van der Waals surface area contributed by atoms with Crippen molar-refractivity contribution in [3.63, 3.8) is 0 Å². The Balaban J connectivity index is 1.62. The second-order valence-corrected chi connectivity index (χ2v) is 6.74. The molecular weight excluding hydrogens is 378 g/mol. The summed E-state index contributed by atoms with van der Waals surface area (Å²) in [6.45, 7) is 2.37. The van der Waals surface area contributed by atoms with Crippen LogP contribution < -0.4 is 10.6 Å².